The van der Waals surface area contributed by atoms with Gasteiger partial charge >= 0.3 is 0 Å². The molecule has 0 bridgehead atoms. The Kier molecular flexibility index (Phi) is 3.63. The van der Waals surface area contributed by atoms with Gasteiger partial charge in [0.05, 0.1) is 10.6 Å². The average Bonchev–Trinajstić information content (AvgIpc) is 2.68. The van der Waals surface area contributed by atoms with Gasteiger partial charge < -0.3 is 5.73 Å². The zero-order valence-corrected chi connectivity index (χ0v) is 11.1. The lowest BCUT2D eigenvalue weighted by Crippen LogP contribution is -2.13. The minimum atomic E-state index is -0.0753. The van der Waals surface area contributed by atoms with E-state index in [-0.39, 0.29) is 6.04 Å². The molecule has 0 radical (unpaired) electrons. The third kappa shape index (κ3) is 2.63. The van der Waals surface area contributed by atoms with Crippen LogP contribution in [-0.2, 0) is 6.42 Å². The van der Waals surface area contributed by atoms with Crippen LogP contribution in [0.1, 0.15) is 22.3 Å². The standard InChI is InChI=1S/C10H11BrN4S/c1-6-10(16-15-14-6)9(12)4-8-3-2-7(11)5-13-8/h2-3,5,9H,4,12H2,1H3. The number of nitrogens with zero attached hydrogens (tertiary/aromatic N) is 3. The van der Waals surface area contributed by atoms with Gasteiger partial charge in [0, 0.05) is 28.8 Å². The Morgan fingerprint density at radius 1 is 1.50 bits per heavy atom. The molecule has 6 heteroatoms. The lowest BCUT2D eigenvalue weighted by Gasteiger charge is -2.08. The number of hydrogen-bond acceptors (Lipinski definition) is 5. The van der Waals surface area contributed by atoms with Gasteiger partial charge in [0.1, 0.15) is 0 Å². The lowest BCUT2D eigenvalue weighted by molar-refractivity contribution is 0.712. The monoisotopic (exact) mass is 298 g/mol. The van der Waals surface area contributed by atoms with Crippen molar-refractivity contribution in [2.45, 2.75) is 19.4 Å². The number of halogens is 1. The molecule has 4 nitrogen and oxygen atoms in total. The molecule has 16 heavy (non-hydrogen) atoms. The quantitative estimate of drug-likeness (QED) is 0.944. The molecule has 0 saturated heterocycles. The summed E-state index contributed by atoms with van der Waals surface area (Å²) >= 11 is 4.71. The van der Waals surface area contributed by atoms with E-state index in [1.165, 1.54) is 11.5 Å². The summed E-state index contributed by atoms with van der Waals surface area (Å²) in [5, 5.41) is 3.95. The van der Waals surface area contributed by atoms with Crippen LogP contribution in [-0.4, -0.2) is 14.6 Å². The maximum absolute atomic E-state index is 6.09. The molecular weight excluding hydrogens is 288 g/mol. The molecule has 0 aliphatic heterocycles. The summed E-state index contributed by atoms with van der Waals surface area (Å²) in [6.45, 7) is 1.92. The summed E-state index contributed by atoms with van der Waals surface area (Å²) in [6, 6.07) is 3.86. The van der Waals surface area contributed by atoms with E-state index in [0.717, 1.165) is 20.7 Å². The zero-order valence-electron chi connectivity index (χ0n) is 8.72. The Morgan fingerprint density at radius 3 is 2.88 bits per heavy atom. The fraction of sp³-hybridized carbons (Fsp3) is 0.300. The summed E-state index contributed by atoms with van der Waals surface area (Å²) in [4.78, 5) is 5.33. The maximum atomic E-state index is 6.09. The third-order valence-electron chi connectivity index (χ3n) is 2.24. The topological polar surface area (TPSA) is 64.7 Å². The molecule has 1 unspecified atom stereocenters. The number of nitrogens with two attached hydrogens (primary N) is 1. The highest BCUT2D eigenvalue weighted by Crippen LogP contribution is 2.21. The van der Waals surface area contributed by atoms with Crippen molar-refractivity contribution in [3.63, 3.8) is 0 Å². The van der Waals surface area contributed by atoms with Crippen molar-refractivity contribution in [2.24, 2.45) is 5.73 Å². The predicted octanol–water partition coefficient (Wildman–Crippen LogP) is 2.25. The van der Waals surface area contributed by atoms with E-state index >= 15 is 0 Å². The van der Waals surface area contributed by atoms with Crippen molar-refractivity contribution in [1.82, 2.24) is 14.6 Å². The molecule has 0 amide bonds. The van der Waals surface area contributed by atoms with Crippen LogP contribution in [0, 0.1) is 6.92 Å². The van der Waals surface area contributed by atoms with E-state index in [9.17, 15) is 0 Å². The summed E-state index contributed by atoms with van der Waals surface area (Å²) in [7, 11) is 0. The normalized spacial score (nSPS) is 12.7. The Hall–Kier alpha value is -0.850. The fourth-order valence-electron chi connectivity index (χ4n) is 1.42. The Morgan fingerprint density at radius 2 is 2.31 bits per heavy atom. The minimum absolute atomic E-state index is 0.0753. The highest BCUT2D eigenvalue weighted by Gasteiger charge is 2.13. The third-order valence-corrected chi connectivity index (χ3v) is 3.67. The van der Waals surface area contributed by atoms with Gasteiger partial charge in [0.15, 0.2) is 0 Å². The van der Waals surface area contributed by atoms with E-state index in [0.29, 0.717) is 6.42 Å². The number of hydrogen-bond donors (Lipinski definition) is 1. The molecule has 2 aromatic heterocycles. The molecule has 2 rings (SSSR count). The van der Waals surface area contributed by atoms with Crippen molar-refractivity contribution in [2.75, 3.05) is 0 Å². The highest BCUT2D eigenvalue weighted by atomic mass is 79.9. The van der Waals surface area contributed by atoms with Crippen LogP contribution in [0.5, 0.6) is 0 Å². The minimum Gasteiger partial charge on any atom is -0.323 e. The van der Waals surface area contributed by atoms with Crippen molar-refractivity contribution in [1.29, 1.82) is 0 Å². The first-order valence-corrected chi connectivity index (χ1v) is 6.38. The van der Waals surface area contributed by atoms with E-state index in [4.69, 9.17) is 5.73 Å². The molecule has 0 aliphatic rings. The molecule has 0 aromatic carbocycles. The number of rotatable bonds is 3. The van der Waals surface area contributed by atoms with Crippen molar-refractivity contribution in [3.8, 4) is 0 Å². The van der Waals surface area contributed by atoms with Gasteiger partial charge in [-0.15, -0.1) is 5.10 Å². The van der Waals surface area contributed by atoms with Gasteiger partial charge in [-0.25, -0.2) is 0 Å². The lowest BCUT2D eigenvalue weighted by atomic mass is 10.1. The maximum Gasteiger partial charge on any atom is 0.0772 e. The van der Waals surface area contributed by atoms with Gasteiger partial charge in [-0.3, -0.25) is 4.98 Å². The van der Waals surface area contributed by atoms with Gasteiger partial charge in [-0.05, 0) is 46.5 Å². The van der Waals surface area contributed by atoms with Gasteiger partial charge in [0.2, 0.25) is 0 Å². The fourth-order valence-corrected chi connectivity index (χ4v) is 2.30. The van der Waals surface area contributed by atoms with Crippen LogP contribution in [0.25, 0.3) is 0 Å². The number of pyridine rings is 1. The molecule has 2 N–H and O–H groups in total. The summed E-state index contributed by atoms with van der Waals surface area (Å²) < 4.78 is 4.85. The van der Waals surface area contributed by atoms with Crippen LogP contribution >= 0.6 is 27.5 Å². The molecule has 0 aliphatic carbocycles. The van der Waals surface area contributed by atoms with Crippen LogP contribution in [0.15, 0.2) is 22.8 Å². The molecule has 2 heterocycles. The van der Waals surface area contributed by atoms with Gasteiger partial charge in [0.25, 0.3) is 0 Å². The number of aryl methyl sites for hydroxylation is 1. The predicted molar refractivity (Wildman–Crippen MR) is 67.2 cm³/mol. The number of aromatic nitrogens is 3. The molecule has 0 fully saturated rings. The molecule has 0 spiro atoms. The summed E-state index contributed by atoms with van der Waals surface area (Å²) in [5.74, 6) is 0. The van der Waals surface area contributed by atoms with Crippen molar-refractivity contribution in [3.05, 3.63) is 39.1 Å². The van der Waals surface area contributed by atoms with Crippen LogP contribution < -0.4 is 5.73 Å². The first-order valence-electron chi connectivity index (χ1n) is 4.81. The Balaban J connectivity index is 2.10. The second-order valence-corrected chi connectivity index (χ2v) is 5.20. The first-order chi connectivity index (χ1) is 7.66. The second kappa shape index (κ2) is 4.99. The second-order valence-electron chi connectivity index (χ2n) is 3.50. The Labute approximate surface area is 106 Å². The van der Waals surface area contributed by atoms with Crippen molar-refractivity contribution < 1.29 is 0 Å². The van der Waals surface area contributed by atoms with Gasteiger partial charge in [-0.1, -0.05) is 4.49 Å². The highest BCUT2D eigenvalue weighted by molar-refractivity contribution is 9.10. The molecule has 0 saturated carbocycles. The molecule has 1 atom stereocenters. The van der Waals surface area contributed by atoms with Gasteiger partial charge in [-0.2, -0.15) is 0 Å². The van der Waals surface area contributed by atoms with E-state index in [2.05, 4.69) is 30.5 Å². The SMILES string of the molecule is Cc1nnsc1C(N)Cc1ccc(Br)cn1. The Bertz CT molecular complexity index is 468. The molecule has 2 aromatic rings. The van der Waals surface area contributed by atoms with E-state index in [1.807, 2.05) is 19.1 Å². The smallest absolute Gasteiger partial charge is 0.0772 e. The molecular formula is C10H11BrN4S. The van der Waals surface area contributed by atoms with E-state index in [1.54, 1.807) is 6.20 Å². The summed E-state index contributed by atoms with van der Waals surface area (Å²) in [5.41, 5.74) is 7.98. The van der Waals surface area contributed by atoms with E-state index < -0.39 is 0 Å². The summed E-state index contributed by atoms with van der Waals surface area (Å²) in [6.07, 6.45) is 2.48. The van der Waals surface area contributed by atoms with Crippen molar-refractivity contribution >= 4 is 27.5 Å². The zero-order chi connectivity index (χ0) is 11.5. The van der Waals surface area contributed by atoms with Crippen LogP contribution in [0.3, 0.4) is 0 Å². The van der Waals surface area contributed by atoms with Crippen LogP contribution in [0.2, 0.25) is 0 Å². The molecule has 84 valence electrons. The average molecular weight is 299 g/mol. The first kappa shape index (κ1) is 11.6. The largest absolute Gasteiger partial charge is 0.323 e. The van der Waals surface area contributed by atoms with Crippen LogP contribution in [0.4, 0.5) is 0 Å².